The van der Waals surface area contributed by atoms with Gasteiger partial charge < -0.3 is 4.90 Å². The number of nitrogens with zero attached hydrogens (tertiary/aromatic N) is 2. The minimum atomic E-state index is 0.158. The Kier molecular flexibility index (Phi) is 5.36. The van der Waals surface area contributed by atoms with Crippen LogP contribution >= 0.6 is 0 Å². The van der Waals surface area contributed by atoms with Crippen LogP contribution in [0.2, 0.25) is 0 Å². The van der Waals surface area contributed by atoms with Gasteiger partial charge in [0.25, 0.3) is 5.91 Å². The molecule has 1 heterocycles. The predicted molar refractivity (Wildman–Crippen MR) is 82.8 cm³/mol. The zero-order valence-corrected chi connectivity index (χ0v) is 12.5. The molecular formula is C17H24N2O. The fraction of sp³-hybridized carbons (Fsp3) is 0.471. The van der Waals surface area contributed by atoms with E-state index in [1.807, 2.05) is 35.2 Å². The molecule has 1 aromatic rings. The molecule has 0 bridgehead atoms. The Bertz CT molecular complexity index is 459. The van der Waals surface area contributed by atoms with Gasteiger partial charge in [-0.3, -0.25) is 9.69 Å². The SMILES string of the molecule is CC/C=C(\C)CN1CCN(C(=O)c2ccccc2)CC1. The first kappa shape index (κ1) is 14.8. The van der Waals surface area contributed by atoms with Gasteiger partial charge in [-0.05, 0) is 25.5 Å². The van der Waals surface area contributed by atoms with Crippen molar-refractivity contribution < 1.29 is 4.79 Å². The van der Waals surface area contributed by atoms with Gasteiger partial charge >= 0.3 is 0 Å². The molecule has 1 saturated heterocycles. The van der Waals surface area contributed by atoms with Crippen LogP contribution in [0.15, 0.2) is 42.0 Å². The summed E-state index contributed by atoms with van der Waals surface area (Å²) in [5, 5.41) is 0. The van der Waals surface area contributed by atoms with Gasteiger partial charge in [0.2, 0.25) is 0 Å². The minimum absolute atomic E-state index is 0.158. The van der Waals surface area contributed by atoms with Gasteiger partial charge in [0.05, 0.1) is 0 Å². The average molecular weight is 272 g/mol. The number of hydrogen-bond donors (Lipinski definition) is 0. The maximum Gasteiger partial charge on any atom is 0.253 e. The van der Waals surface area contributed by atoms with E-state index in [4.69, 9.17) is 0 Å². The standard InChI is InChI=1S/C17H24N2O/c1-3-7-15(2)14-18-10-12-19(13-11-18)17(20)16-8-5-4-6-9-16/h4-9H,3,10-14H2,1-2H3/b15-7+. The van der Waals surface area contributed by atoms with Crippen molar-refractivity contribution >= 4 is 5.91 Å². The summed E-state index contributed by atoms with van der Waals surface area (Å²) in [4.78, 5) is 16.7. The van der Waals surface area contributed by atoms with Crippen LogP contribution in [-0.4, -0.2) is 48.4 Å². The number of rotatable bonds is 4. The van der Waals surface area contributed by atoms with Gasteiger partial charge in [0, 0.05) is 38.3 Å². The maximum atomic E-state index is 12.3. The molecule has 0 N–H and O–H groups in total. The lowest BCUT2D eigenvalue weighted by atomic mass is 10.1. The van der Waals surface area contributed by atoms with E-state index in [-0.39, 0.29) is 5.91 Å². The second-order valence-electron chi connectivity index (χ2n) is 5.39. The molecule has 3 heteroatoms. The van der Waals surface area contributed by atoms with E-state index in [1.165, 1.54) is 5.57 Å². The monoisotopic (exact) mass is 272 g/mol. The molecule has 1 aromatic carbocycles. The number of benzene rings is 1. The highest BCUT2D eigenvalue weighted by atomic mass is 16.2. The van der Waals surface area contributed by atoms with Crippen molar-refractivity contribution in [1.82, 2.24) is 9.80 Å². The summed E-state index contributed by atoms with van der Waals surface area (Å²) in [6, 6.07) is 9.56. The second kappa shape index (κ2) is 7.25. The van der Waals surface area contributed by atoms with Crippen molar-refractivity contribution in [2.45, 2.75) is 20.3 Å². The van der Waals surface area contributed by atoms with Crippen LogP contribution in [0, 0.1) is 0 Å². The van der Waals surface area contributed by atoms with Crippen molar-refractivity contribution in [3.8, 4) is 0 Å². The Balaban J connectivity index is 1.85. The molecule has 0 spiro atoms. The van der Waals surface area contributed by atoms with E-state index in [1.54, 1.807) is 0 Å². The Morgan fingerprint density at radius 1 is 1.15 bits per heavy atom. The van der Waals surface area contributed by atoms with Crippen LogP contribution in [0.1, 0.15) is 30.6 Å². The number of amides is 1. The molecule has 1 aliphatic heterocycles. The maximum absolute atomic E-state index is 12.3. The van der Waals surface area contributed by atoms with Crippen LogP contribution in [-0.2, 0) is 0 Å². The Morgan fingerprint density at radius 2 is 1.80 bits per heavy atom. The number of allylic oxidation sites excluding steroid dienone is 1. The Morgan fingerprint density at radius 3 is 2.40 bits per heavy atom. The van der Waals surface area contributed by atoms with Crippen LogP contribution in [0.4, 0.5) is 0 Å². The molecule has 1 amide bonds. The lowest BCUT2D eigenvalue weighted by Gasteiger charge is -2.35. The first-order valence-corrected chi connectivity index (χ1v) is 7.43. The highest BCUT2D eigenvalue weighted by Crippen LogP contribution is 2.10. The Labute approximate surface area is 121 Å². The quantitative estimate of drug-likeness (QED) is 0.787. The lowest BCUT2D eigenvalue weighted by molar-refractivity contribution is 0.0647. The first-order chi connectivity index (χ1) is 9.70. The molecule has 0 aromatic heterocycles. The van der Waals surface area contributed by atoms with E-state index in [0.29, 0.717) is 0 Å². The van der Waals surface area contributed by atoms with Gasteiger partial charge in [0.15, 0.2) is 0 Å². The molecule has 108 valence electrons. The highest BCUT2D eigenvalue weighted by molar-refractivity contribution is 5.94. The van der Waals surface area contributed by atoms with Crippen molar-refractivity contribution in [1.29, 1.82) is 0 Å². The van der Waals surface area contributed by atoms with E-state index in [2.05, 4.69) is 24.8 Å². The van der Waals surface area contributed by atoms with Gasteiger partial charge in [-0.1, -0.05) is 36.8 Å². The van der Waals surface area contributed by atoms with Gasteiger partial charge in [-0.25, -0.2) is 0 Å². The normalized spacial score (nSPS) is 17.3. The van der Waals surface area contributed by atoms with Crippen molar-refractivity contribution in [3.05, 3.63) is 47.5 Å². The number of hydrogen-bond acceptors (Lipinski definition) is 2. The third-order valence-corrected chi connectivity index (χ3v) is 3.71. The third-order valence-electron chi connectivity index (χ3n) is 3.71. The molecule has 1 fully saturated rings. The zero-order chi connectivity index (χ0) is 14.4. The first-order valence-electron chi connectivity index (χ1n) is 7.43. The Hall–Kier alpha value is -1.61. The molecular weight excluding hydrogens is 248 g/mol. The zero-order valence-electron chi connectivity index (χ0n) is 12.5. The summed E-state index contributed by atoms with van der Waals surface area (Å²) in [6.07, 6.45) is 3.37. The van der Waals surface area contributed by atoms with E-state index in [9.17, 15) is 4.79 Å². The van der Waals surface area contributed by atoms with Gasteiger partial charge in [-0.15, -0.1) is 0 Å². The van der Waals surface area contributed by atoms with E-state index >= 15 is 0 Å². The number of carbonyl (C=O) groups is 1. The molecule has 3 nitrogen and oxygen atoms in total. The predicted octanol–water partition coefficient (Wildman–Crippen LogP) is 2.80. The number of carbonyl (C=O) groups excluding carboxylic acids is 1. The van der Waals surface area contributed by atoms with Crippen LogP contribution in [0.25, 0.3) is 0 Å². The molecule has 20 heavy (non-hydrogen) atoms. The third kappa shape index (κ3) is 3.94. The molecule has 0 aliphatic carbocycles. The average Bonchev–Trinajstić information content (AvgIpc) is 2.48. The summed E-state index contributed by atoms with van der Waals surface area (Å²) in [6.45, 7) is 8.97. The molecule has 0 radical (unpaired) electrons. The van der Waals surface area contributed by atoms with Crippen LogP contribution in [0.5, 0.6) is 0 Å². The smallest absolute Gasteiger partial charge is 0.253 e. The molecule has 1 aliphatic rings. The van der Waals surface area contributed by atoms with Crippen LogP contribution in [0.3, 0.4) is 0 Å². The summed E-state index contributed by atoms with van der Waals surface area (Å²) >= 11 is 0. The van der Waals surface area contributed by atoms with Crippen molar-refractivity contribution in [2.24, 2.45) is 0 Å². The summed E-state index contributed by atoms with van der Waals surface area (Å²) in [5.74, 6) is 0.158. The lowest BCUT2D eigenvalue weighted by Crippen LogP contribution is -2.49. The summed E-state index contributed by atoms with van der Waals surface area (Å²) in [7, 11) is 0. The highest BCUT2D eigenvalue weighted by Gasteiger charge is 2.21. The summed E-state index contributed by atoms with van der Waals surface area (Å²) < 4.78 is 0. The molecule has 0 atom stereocenters. The number of piperazine rings is 1. The fourth-order valence-electron chi connectivity index (χ4n) is 2.64. The largest absolute Gasteiger partial charge is 0.336 e. The molecule has 0 unspecified atom stereocenters. The summed E-state index contributed by atoms with van der Waals surface area (Å²) in [5.41, 5.74) is 2.22. The molecule has 2 rings (SSSR count). The van der Waals surface area contributed by atoms with E-state index in [0.717, 1.165) is 44.7 Å². The van der Waals surface area contributed by atoms with Crippen LogP contribution < -0.4 is 0 Å². The molecule has 0 saturated carbocycles. The van der Waals surface area contributed by atoms with E-state index < -0.39 is 0 Å². The van der Waals surface area contributed by atoms with Crippen molar-refractivity contribution in [2.75, 3.05) is 32.7 Å². The van der Waals surface area contributed by atoms with Gasteiger partial charge in [-0.2, -0.15) is 0 Å². The van der Waals surface area contributed by atoms with Crippen molar-refractivity contribution in [3.63, 3.8) is 0 Å². The second-order valence-corrected chi connectivity index (χ2v) is 5.39. The fourth-order valence-corrected chi connectivity index (χ4v) is 2.64. The minimum Gasteiger partial charge on any atom is -0.336 e. The van der Waals surface area contributed by atoms with Gasteiger partial charge in [0.1, 0.15) is 0 Å². The topological polar surface area (TPSA) is 23.6 Å².